The minimum absolute atomic E-state index is 0.0414. The van der Waals surface area contributed by atoms with Crippen LogP contribution >= 0.6 is 0 Å². The second-order valence-corrected chi connectivity index (χ2v) is 11.6. The van der Waals surface area contributed by atoms with Crippen LogP contribution in [0.4, 0.5) is 0 Å². The van der Waals surface area contributed by atoms with Crippen molar-refractivity contribution in [2.75, 3.05) is 45.9 Å². The topological polar surface area (TPSA) is 85.5 Å². The zero-order chi connectivity index (χ0) is 27.1. The van der Waals surface area contributed by atoms with Crippen LogP contribution in [0.5, 0.6) is 0 Å². The lowest BCUT2D eigenvalue weighted by Gasteiger charge is -2.37. The smallest absolute Gasteiger partial charge is 0.158 e. The van der Waals surface area contributed by atoms with Crippen LogP contribution in [0.3, 0.4) is 0 Å². The van der Waals surface area contributed by atoms with Gasteiger partial charge in [-0.15, -0.1) is 0 Å². The molecule has 39 heavy (non-hydrogen) atoms. The van der Waals surface area contributed by atoms with Crippen molar-refractivity contribution in [2.45, 2.75) is 58.4 Å². The van der Waals surface area contributed by atoms with Gasteiger partial charge in [-0.25, -0.2) is 9.50 Å². The summed E-state index contributed by atoms with van der Waals surface area (Å²) in [6.45, 7) is 15.0. The molecule has 0 aliphatic carbocycles. The quantitative estimate of drug-likeness (QED) is 0.380. The molecule has 5 heterocycles. The van der Waals surface area contributed by atoms with Crippen molar-refractivity contribution < 1.29 is 4.74 Å². The molecular weight excluding hydrogens is 486 g/mol. The van der Waals surface area contributed by atoms with Crippen molar-refractivity contribution in [3.63, 3.8) is 0 Å². The number of piperidine rings is 1. The van der Waals surface area contributed by atoms with E-state index in [4.69, 9.17) is 4.74 Å². The summed E-state index contributed by atoms with van der Waals surface area (Å²) in [5.41, 5.74) is 9.64. The molecule has 3 aromatic heterocycles. The highest BCUT2D eigenvalue weighted by atomic mass is 16.5. The molecule has 0 radical (unpaired) electrons. The van der Waals surface area contributed by atoms with Crippen LogP contribution in [0.1, 0.15) is 60.8 Å². The highest BCUT2D eigenvalue weighted by Crippen LogP contribution is 2.40. The monoisotopic (exact) mass is 525 g/mol. The van der Waals surface area contributed by atoms with Gasteiger partial charge in [-0.3, -0.25) is 9.80 Å². The lowest BCUT2D eigenvalue weighted by Crippen LogP contribution is -2.49. The van der Waals surface area contributed by atoms with Crippen LogP contribution in [0.25, 0.3) is 27.8 Å². The number of morpholine rings is 1. The highest BCUT2D eigenvalue weighted by Gasteiger charge is 2.28. The van der Waals surface area contributed by atoms with Crippen molar-refractivity contribution in [3.05, 3.63) is 53.0 Å². The fourth-order valence-electron chi connectivity index (χ4n) is 6.56. The van der Waals surface area contributed by atoms with Gasteiger partial charge >= 0.3 is 0 Å². The van der Waals surface area contributed by atoms with E-state index in [9.17, 15) is 5.26 Å². The Kier molecular flexibility index (Phi) is 7.15. The number of aromatic amines is 1. The van der Waals surface area contributed by atoms with Crippen molar-refractivity contribution in [1.82, 2.24) is 29.4 Å². The molecule has 6 rings (SSSR count). The molecule has 2 aliphatic rings. The number of pyridine rings is 1. The predicted molar refractivity (Wildman–Crippen MR) is 154 cm³/mol. The first-order valence-corrected chi connectivity index (χ1v) is 14.3. The van der Waals surface area contributed by atoms with E-state index in [0.29, 0.717) is 11.8 Å². The Morgan fingerprint density at radius 3 is 2.59 bits per heavy atom. The molecule has 2 aliphatic heterocycles. The molecule has 4 aromatic rings. The number of hydrogen-bond donors (Lipinski definition) is 1. The van der Waals surface area contributed by atoms with Crippen LogP contribution < -0.4 is 0 Å². The van der Waals surface area contributed by atoms with Crippen LogP contribution in [0.15, 0.2) is 30.7 Å². The summed E-state index contributed by atoms with van der Waals surface area (Å²) in [7, 11) is 0. The van der Waals surface area contributed by atoms with E-state index in [0.717, 1.165) is 70.0 Å². The molecule has 0 spiro atoms. The molecule has 8 heteroatoms. The molecule has 0 amide bonds. The summed E-state index contributed by atoms with van der Waals surface area (Å²) in [6, 6.07) is 9.54. The van der Waals surface area contributed by atoms with Crippen molar-refractivity contribution in [2.24, 2.45) is 0 Å². The highest BCUT2D eigenvalue weighted by molar-refractivity contribution is 5.92. The normalized spacial score (nSPS) is 18.8. The number of ether oxygens (including phenoxy) is 1. The zero-order valence-corrected chi connectivity index (χ0v) is 23.6. The maximum absolute atomic E-state index is 9.91. The molecule has 1 aromatic carbocycles. The van der Waals surface area contributed by atoms with Crippen molar-refractivity contribution in [1.29, 1.82) is 5.26 Å². The fourth-order valence-corrected chi connectivity index (χ4v) is 6.56. The lowest BCUT2D eigenvalue weighted by atomic mass is 9.87. The van der Waals surface area contributed by atoms with Crippen LogP contribution in [-0.2, 0) is 4.74 Å². The molecule has 1 atom stereocenters. The first-order chi connectivity index (χ1) is 18.9. The zero-order valence-electron chi connectivity index (χ0n) is 23.6. The number of likely N-dealkylation sites (tertiary alicyclic amines) is 1. The molecule has 1 unspecified atom stereocenters. The van der Waals surface area contributed by atoms with E-state index in [1.54, 1.807) is 6.33 Å². The third kappa shape index (κ3) is 4.84. The molecular formula is C31H39N7O. The summed E-state index contributed by atoms with van der Waals surface area (Å²) in [4.78, 5) is 13.0. The van der Waals surface area contributed by atoms with Gasteiger partial charge in [0.25, 0.3) is 0 Å². The Morgan fingerprint density at radius 1 is 1.10 bits per heavy atom. The first kappa shape index (κ1) is 26.0. The van der Waals surface area contributed by atoms with Gasteiger partial charge in [0.1, 0.15) is 12.4 Å². The number of fused-ring (bicyclic) bond motifs is 2. The summed E-state index contributed by atoms with van der Waals surface area (Å²) >= 11 is 0. The Balaban J connectivity index is 1.26. The number of H-pyrrole nitrogens is 1. The van der Waals surface area contributed by atoms with Gasteiger partial charge in [-0.2, -0.15) is 10.4 Å². The molecule has 2 fully saturated rings. The maximum Gasteiger partial charge on any atom is 0.158 e. The van der Waals surface area contributed by atoms with Crippen molar-refractivity contribution >= 4 is 16.6 Å². The maximum atomic E-state index is 9.91. The Hall–Kier alpha value is -3.25. The predicted octanol–water partition coefficient (Wildman–Crippen LogP) is 5.02. The standard InChI is InChI=1S/C31H39N7O/c1-20(2)29-26-15-24(23-7-9-37(10-8-23)25(16-32)17-36-11-13-39-14-12-36)5-6-28(26)35-30(29)27-18-38-31(33-19-34-38)22(4)21(27)3/h5-6,15,18-20,23,25,35H,7-14,17H2,1-4H3. The molecule has 1 N–H and O–H groups in total. The first-order valence-electron chi connectivity index (χ1n) is 14.3. The van der Waals surface area contributed by atoms with E-state index >= 15 is 0 Å². The van der Waals surface area contributed by atoms with Crippen LogP contribution in [0.2, 0.25) is 0 Å². The second kappa shape index (κ2) is 10.7. The molecule has 204 valence electrons. The summed E-state index contributed by atoms with van der Waals surface area (Å²) < 4.78 is 7.37. The van der Waals surface area contributed by atoms with Gasteiger partial charge < -0.3 is 9.72 Å². The lowest BCUT2D eigenvalue weighted by molar-refractivity contribution is 0.0259. The number of benzene rings is 1. The summed E-state index contributed by atoms with van der Waals surface area (Å²) in [6.07, 6.45) is 5.91. The second-order valence-electron chi connectivity index (χ2n) is 11.6. The van der Waals surface area contributed by atoms with E-state index in [-0.39, 0.29) is 6.04 Å². The average molecular weight is 526 g/mol. The third-order valence-electron chi connectivity index (χ3n) is 8.96. The number of nitrogens with one attached hydrogen (secondary N) is 1. The van der Waals surface area contributed by atoms with E-state index in [1.165, 1.54) is 38.9 Å². The van der Waals surface area contributed by atoms with Gasteiger partial charge in [0, 0.05) is 55.4 Å². The SMILES string of the molecule is Cc1c(-c2[nH]c3ccc(C4CCN(C(C#N)CN5CCOCC5)CC4)cc3c2C(C)C)cn2ncnc2c1C. The summed E-state index contributed by atoms with van der Waals surface area (Å²) in [5, 5.41) is 15.7. The van der Waals surface area contributed by atoms with Crippen LogP contribution in [0, 0.1) is 25.2 Å². The van der Waals surface area contributed by atoms with Gasteiger partial charge in [-0.05, 0) is 72.9 Å². The van der Waals surface area contributed by atoms with Gasteiger partial charge in [0.05, 0.1) is 25.0 Å². The number of rotatable bonds is 6. The van der Waals surface area contributed by atoms with E-state index < -0.39 is 0 Å². The largest absolute Gasteiger partial charge is 0.379 e. The van der Waals surface area contributed by atoms with E-state index in [2.05, 4.69) is 83.0 Å². The molecule has 8 nitrogen and oxygen atoms in total. The number of aromatic nitrogens is 4. The minimum atomic E-state index is -0.0414. The number of hydrogen-bond acceptors (Lipinski definition) is 6. The number of aryl methyl sites for hydroxylation is 1. The van der Waals surface area contributed by atoms with Crippen molar-refractivity contribution in [3.8, 4) is 17.3 Å². The fraction of sp³-hybridized carbons (Fsp3) is 0.516. The average Bonchev–Trinajstić information content (AvgIpc) is 3.59. The minimum Gasteiger partial charge on any atom is -0.379 e. The third-order valence-corrected chi connectivity index (χ3v) is 8.96. The van der Waals surface area contributed by atoms with Gasteiger partial charge in [0.15, 0.2) is 5.65 Å². The Morgan fingerprint density at radius 2 is 1.87 bits per heavy atom. The molecule has 2 saturated heterocycles. The van der Waals surface area contributed by atoms with Gasteiger partial charge in [-0.1, -0.05) is 19.9 Å². The number of nitriles is 1. The van der Waals surface area contributed by atoms with Crippen LogP contribution in [-0.4, -0.2) is 81.4 Å². The molecule has 0 bridgehead atoms. The Bertz CT molecular complexity index is 1510. The number of nitrogens with zero attached hydrogens (tertiary/aromatic N) is 6. The molecule has 0 saturated carbocycles. The Labute approximate surface area is 230 Å². The van der Waals surface area contributed by atoms with E-state index in [1.807, 2.05) is 4.52 Å². The van der Waals surface area contributed by atoms with Gasteiger partial charge in [0.2, 0.25) is 0 Å². The summed E-state index contributed by atoms with van der Waals surface area (Å²) in [5.74, 6) is 0.885.